The molecule has 8 rings (SSSR count). The molecule has 0 radical (unpaired) electrons. The first-order valence-electron chi connectivity index (χ1n) is 21.0. The van der Waals surface area contributed by atoms with Crippen molar-refractivity contribution in [2.24, 2.45) is 5.73 Å². The molecule has 0 aliphatic heterocycles. The second-order valence-electron chi connectivity index (χ2n) is 16.8. The number of hydrogen-bond acceptors (Lipinski definition) is 7. The standard InChI is InChI=1S/C25H29N3O3S.C24H27N3O/c1-17(2)28-16-26-23-13-12-22(27-32(3,30)31)21(24(23)25(28)29)15-18-8-7-11-20(14-18)19-9-5-4-6-10-19;1-16(2)27-15-26-22-12-11-21(25)20(23(22)24(27)28)14-17-7-6-10-19(13-17)18-8-4-3-5-9-18/h4-11,14,16-17,21-22,27H,12-13,15H2,1-3H3;3-10,13,15-16,20-21H,11-12,14,25H2,1-2H3/t21-,22-;/m0./s1. The highest BCUT2D eigenvalue weighted by molar-refractivity contribution is 7.88. The van der Waals surface area contributed by atoms with E-state index in [9.17, 15) is 18.0 Å². The number of fused-ring (bicyclic) bond motifs is 2. The molecule has 0 fully saturated rings. The maximum Gasteiger partial charge on any atom is 0.257 e. The van der Waals surface area contributed by atoms with Crippen LogP contribution in [0.15, 0.2) is 131 Å². The van der Waals surface area contributed by atoms with Crippen molar-refractivity contribution in [1.82, 2.24) is 23.8 Å². The number of nitrogens with zero attached hydrogens (tertiary/aromatic N) is 4. The Morgan fingerprint density at radius 3 is 1.53 bits per heavy atom. The molecule has 11 heteroatoms. The normalized spacial score (nSPS) is 18.7. The first kappa shape index (κ1) is 42.6. The van der Waals surface area contributed by atoms with Gasteiger partial charge in [-0.3, -0.25) is 18.7 Å². The van der Waals surface area contributed by atoms with Crippen molar-refractivity contribution < 1.29 is 8.42 Å². The van der Waals surface area contributed by atoms with E-state index in [1.807, 2.05) is 64.1 Å². The molecule has 312 valence electrons. The summed E-state index contributed by atoms with van der Waals surface area (Å²) in [6, 6.07) is 37.0. The lowest BCUT2D eigenvalue weighted by molar-refractivity contribution is 0.413. The summed E-state index contributed by atoms with van der Waals surface area (Å²) in [6.45, 7) is 7.92. The Morgan fingerprint density at radius 1 is 0.633 bits per heavy atom. The number of hydrogen-bond donors (Lipinski definition) is 2. The van der Waals surface area contributed by atoms with Gasteiger partial charge in [0.1, 0.15) is 0 Å². The minimum atomic E-state index is -3.42. The van der Waals surface area contributed by atoms with Crippen LogP contribution in [0.25, 0.3) is 22.3 Å². The van der Waals surface area contributed by atoms with Gasteiger partial charge in [0.2, 0.25) is 10.0 Å². The van der Waals surface area contributed by atoms with Crippen LogP contribution in [0, 0.1) is 0 Å². The Morgan fingerprint density at radius 2 is 1.07 bits per heavy atom. The van der Waals surface area contributed by atoms with Gasteiger partial charge in [-0.15, -0.1) is 0 Å². The summed E-state index contributed by atoms with van der Waals surface area (Å²) in [6.07, 6.45) is 8.63. The first-order valence-corrected chi connectivity index (χ1v) is 22.9. The third-order valence-electron chi connectivity index (χ3n) is 11.8. The fourth-order valence-corrected chi connectivity index (χ4v) is 9.60. The Bertz CT molecular complexity index is 2660. The summed E-state index contributed by atoms with van der Waals surface area (Å²) in [5, 5.41) is 0. The minimum Gasteiger partial charge on any atom is -0.327 e. The van der Waals surface area contributed by atoms with Crippen LogP contribution in [-0.2, 0) is 35.7 Å². The van der Waals surface area contributed by atoms with E-state index in [2.05, 4.69) is 87.5 Å². The van der Waals surface area contributed by atoms with Crippen LogP contribution < -0.4 is 21.6 Å². The first-order chi connectivity index (χ1) is 28.8. The highest BCUT2D eigenvalue weighted by Gasteiger charge is 2.35. The highest BCUT2D eigenvalue weighted by Crippen LogP contribution is 2.34. The van der Waals surface area contributed by atoms with Gasteiger partial charge in [-0.05, 0) is 99.6 Å². The van der Waals surface area contributed by atoms with Crippen LogP contribution in [0.3, 0.4) is 0 Å². The van der Waals surface area contributed by atoms with E-state index in [1.54, 1.807) is 21.8 Å². The molecule has 3 N–H and O–H groups in total. The number of aromatic nitrogens is 4. The summed E-state index contributed by atoms with van der Waals surface area (Å²) in [7, 11) is -3.42. The van der Waals surface area contributed by atoms with E-state index >= 15 is 0 Å². The van der Waals surface area contributed by atoms with Crippen molar-refractivity contribution in [3.05, 3.63) is 176 Å². The molecule has 2 aliphatic carbocycles. The number of sulfonamides is 1. The van der Waals surface area contributed by atoms with E-state index in [1.165, 1.54) is 22.9 Å². The van der Waals surface area contributed by atoms with Gasteiger partial charge in [0.05, 0.1) is 30.3 Å². The largest absolute Gasteiger partial charge is 0.327 e. The molecular weight excluding hydrogens is 769 g/mol. The molecule has 2 heterocycles. The van der Waals surface area contributed by atoms with Crippen molar-refractivity contribution >= 4 is 10.0 Å². The Hall–Kier alpha value is -5.49. The molecule has 10 nitrogen and oxygen atoms in total. The van der Waals surface area contributed by atoms with Gasteiger partial charge in [-0.1, -0.05) is 109 Å². The zero-order chi connectivity index (χ0) is 42.6. The minimum absolute atomic E-state index is 0.000901. The topological polar surface area (TPSA) is 142 Å². The number of nitrogens with two attached hydrogens (primary N) is 1. The van der Waals surface area contributed by atoms with Crippen LogP contribution >= 0.6 is 0 Å². The van der Waals surface area contributed by atoms with Crippen LogP contribution in [0.5, 0.6) is 0 Å². The molecule has 0 saturated carbocycles. The number of rotatable bonds is 10. The van der Waals surface area contributed by atoms with Crippen LogP contribution in [0.2, 0.25) is 0 Å². The lowest BCUT2D eigenvalue weighted by Crippen LogP contribution is -2.45. The van der Waals surface area contributed by atoms with Crippen molar-refractivity contribution in [2.75, 3.05) is 6.26 Å². The van der Waals surface area contributed by atoms with Crippen LogP contribution in [-0.4, -0.2) is 45.9 Å². The smallest absolute Gasteiger partial charge is 0.257 e. The third-order valence-corrected chi connectivity index (χ3v) is 12.6. The maximum atomic E-state index is 13.4. The van der Waals surface area contributed by atoms with Crippen LogP contribution in [0.4, 0.5) is 0 Å². The zero-order valence-corrected chi connectivity index (χ0v) is 36.0. The van der Waals surface area contributed by atoms with Crippen molar-refractivity contribution in [3.8, 4) is 22.3 Å². The molecular formula is C49H56N6O4S. The van der Waals surface area contributed by atoms with Crippen molar-refractivity contribution in [1.29, 1.82) is 0 Å². The highest BCUT2D eigenvalue weighted by atomic mass is 32.2. The quantitative estimate of drug-likeness (QED) is 0.144. The Kier molecular flexibility index (Phi) is 13.1. The summed E-state index contributed by atoms with van der Waals surface area (Å²) in [5.41, 5.74) is 16.5. The Labute approximate surface area is 353 Å². The molecule has 4 atom stereocenters. The number of benzene rings is 4. The van der Waals surface area contributed by atoms with Gasteiger partial charge in [-0.2, -0.15) is 0 Å². The molecule has 60 heavy (non-hydrogen) atoms. The van der Waals surface area contributed by atoms with Crippen molar-refractivity contribution in [2.45, 2.75) is 102 Å². The van der Waals surface area contributed by atoms with Gasteiger partial charge in [0, 0.05) is 47.1 Å². The molecule has 0 spiro atoms. The molecule has 0 amide bonds. The lowest BCUT2D eigenvalue weighted by Gasteiger charge is -2.33. The fraction of sp³-hybridized carbons (Fsp3) is 0.347. The number of nitrogens with one attached hydrogen (secondary N) is 1. The Balaban J connectivity index is 0.000000183. The average molecular weight is 825 g/mol. The van der Waals surface area contributed by atoms with Crippen LogP contribution in [0.1, 0.15) is 98.1 Å². The van der Waals surface area contributed by atoms with Crippen molar-refractivity contribution in [3.63, 3.8) is 0 Å². The molecule has 0 bridgehead atoms. The second kappa shape index (κ2) is 18.4. The third kappa shape index (κ3) is 9.75. The average Bonchev–Trinajstić information content (AvgIpc) is 3.23. The predicted octanol–water partition coefficient (Wildman–Crippen LogP) is 7.77. The van der Waals surface area contributed by atoms with E-state index in [0.29, 0.717) is 24.8 Å². The summed E-state index contributed by atoms with van der Waals surface area (Å²) < 4.78 is 30.3. The predicted molar refractivity (Wildman–Crippen MR) is 241 cm³/mol. The summed E-state index contributed by atoms with van der Waals surface area (Å²) in [5.74, 6) is -0.285. The van der Waals surface area contributed by atoms with Gasteiger partial charge < -0.3 is 5.73 Å². The molecule has 2 aromatic heterocycles. The van der Waals surface area contributed by atoms with E-state index in [4.69, 9.17) is 5.73 Å². The van der Waals surface area contributed by atoms with Gasteiger partial charge >= 0.3 is 0 Å². The monoisotopic (exact) mass is 824 g/mol. The summed E-state index contributed by atoms with van der Waals surface area (Å²) in [4.78, 5) is 35.7. The molecule has 4 aromatic carbocycles. The molecule has 6 aromatic rings. The second-order valence-corrected chi connectivity index (χ2v) is 18.6. The SMILES string of the molecule is CC(C)n1cnc2c(c1=O)C(Cc1cccc(-c3ccccc3)c1)C(N)CC2.CC(C)n1cnc2c(c1=O)[C@@H](Cc1cccc(-c3ccccc3)c1)[C@@H](NS(C)(=O)=O)CC2. The van der Waals surface area contributed by atoms with Gasteiger partial charge in [0.25, 0.3) is 11.1 Å². The fourth-order valence-electron chi connectivity index (χ4n) is 8.76. The van der Waals surface area contributed by atoms with Gasteiger partial charge in [0.15, 0.2) is 0 Å². The zero-order valence-electron chi connectivity index (χ0n) is 35.2. The molecule has 2 unspecified atom stereocenters. The van der Waals surface area contributed by atoms with E-state index in [-0.39, 0.29) is 47.1 Å². The number of aryl methyl sites for hydroxylation is 2. The summed E-state index contributed by atoms with van der Waals surface area (Å²) >= 11 is 0. The van der Waals surface area contributed by atoms with E-state index in [0.717, 1.165) is 52.9 Å². The lowest BCUT2D eigenvalue weighted by atomic mass is 9.78. The molecule has 2 aliphatic rings. The van der Waals surface area contributed by atoms with E-state index < -0.39 is 10.0 Å². The molecule has 0 saturated heterocycles. The van der Waals surface area contributed by atoms with Gasteiger partial charge in [-0.25, -0.2) is 23.1 Å². The maximum absolute atomic E-state index is 13.4.